The molecule has 2 aromatic rings. The molecule has 0 spiro atoms. The van der Waals surface area contributed by atoms with Gasteiger partial charge in [-0.25, -0.2) is 4.39 Å². The number of rotatable bonds is 7. The van der Waals surface area contributed by atoms with Crippen LogP contribution in [0, 0.1) is 5.82 Å². The van der Waals surface area contributed by atoms with Gasteiger partial charge in [-0.15, -0.1) is 24.0 Å². The van der Waals surface area contributed by atoms with E-state index in [9.17, 15) is 9.18 Å². The number of halogens is 4. The summed E-state index contributed by atoms with van der Waals surface area (Å²) in [4.78, 5) is 16.0. The van der Waals surface area contributed by atoms with E-state index in [-0.39, 0.29) is 54.1 Å². The van der Waals surface area contributed by atoms with E-state index in [2.05, 4.69) is 15.6 Å². The topological polar surface area (TPSA) is 79.5 Å². The Morgan fingerprint density at radius 2 is 1.89 bits per heavy atom. The summed E-state index contributed by atoms with van der Waals surface area (Å²) in [6, 6.07) is 10.9. The van der Waals surface area contributed by atoms with E-state index < -0.39 is 0 Å². The van der Waals surface area contributed by atoms with Crippen LogP contribution in [0.25, 0.3) is 0 Å². The van der Waals surface area contributed by atoms with Crippen LogP contribution in [0.4, 0.5) is 4.39 Å². The fourth-order valence-corrected chi connectivity index (χ4v) is 2.99. The first-order valence-electron chi connectivity index (χ1n) is 8.37. The van der Waals surface area contributed by atoms with Crippen molar-refractivity contribution in [2.24, 2.45) is 10.7 Å². The average Bonchev–Trinajstić information content (AvgIpc) is 2.60. The number of guanidine groups is 1. The normalized spacial score (nSPS) is 12.1. The second kappa shape index (κ2) is 12.1. The van der Waals surface area contributed by atoms with Crippen molar-refractivity contribution in [1.82, 2.24) is 10.6 Å². The van der Waals surface area contributed by atoms with Crippen molar-refractivity contribution in [3.63, 3.8) is 0 Å². The third-order valence-electron chi connectivity index (χ3n) is 3.79. The van der Waals surface area contributed by atoms with E-state index in [4.69, 9.17) is 28.9 Å². The molecule has 152 valence electrons. The lowest BCUT2D eigenvalue weighted by molar-refractivity contribution is -0.120. The minimum absolute atomic E-state index is 0. The third-order valence-corrected chi connectivity index (χ3v) is 4.35. The van der Waals surface area contributed by atoms with Crippen molar-refractivity contribution in [2.75, 3.05) is 13.1 Å². The van der Waals surface area contributed by atoms with Crippen molar-refractivity contribution in [2.45, 2.75) is 19.4 Å². The van der Waals surface area contributed by atoms with Crippen LogP contribution in [0.2, 0.25) is 10.0 Å². The van der Waals surface area contributed by atoms with Crippen molar-refractivity contribution in [3.8, 4) is 0 Å². The van der Waals surface area contributed by atoms with Crippen molar-refractivity contribution < 1.29 is 9.18 Å². The Kier molecular flexibility index (Phi) is 10.6. The van der Waals surface area contributed by atoms with Gasteiger partial charge in [0.05, 0.1) is 19.0 Å². The molecule has 1 unspecified atom stereocenters. The summed E-state index contributed by atoms with van der Waals surface area (Å²) >= 11 is 12.1. The van der Waals surface area contributed by atoms with Gasteiger partial charge in [-0.05, 0) is 42.3 Å². The summed E-state index contributed by atoms with van der Waals surface area (Å²) in [6.45, 7) is 2.58. The zero-order chi connectivity index (χ0) is 19.8. The molecule has 1 amide bonds. The minimum Gasteiger partial charge on any atom is -0.370 e. The van der Waals surface area contributed by atoms with Crippen LogP contribution in [0.1, 0.15) is 24.1 Å². The Morgan fingerprint density at radius 3 is 2.54 bits per heavy atom. The first kappa shape index (κ1) is 24.5. The second-order valence-electron chi connectivity index (χ2n) is 5.95. The molecule has 2 rings (SSSR count). The molecule has 28 heavy (non-hydrogen) atoms. The molecule has 0 saturated carbocycles. The van der Waals surface area contributed by atoms with Crippen molar-refractivity contribution in [3.05, 3.63) is 69.5 Å². The zero-order valence-corrected chi connectivity index (χ0v) is 19.1. The molecule has 5 nitrogen and oxygen atoms in total. The molecule has 0 aromatic heterocycles. The summed E-state index contributed by atoms with van der Waals surface area (Å²) in [5.74, 6) is -0.239. The number of hydrogen-bond donors (Lipinski definition) is 3. The Morgan fingerprint density at radius 1 is 1.21 bits per heavy atom. The minimum atomic E-state index is -0.328. The molecular formula is C19H22Cl2FIN4O. The van der Waals surface area contributed by atoms with Crippen LogP contribution in [-0.2, 0) is 11.2 Å². The van der Waals surface area contributed by atoms with Gasteiger partial charge in [0, 0.05) is 16.6 Å². The molecule has 9 heteroatoms. The van der Waals surface area contributed by atoms with Gasteiger partial charge in [0.25, 0.3) is 0 Å². The SMILES string of the molecule is CC(NC(N)=NCCNC(=O)Cc1ccc(F)cc1)c1ccc(Cl)cc1Cl.I. The summed E-state index contributed by atoms with van der Waals surface area (Å²) < 4.78 is 12.8. The van der Waals surface area contributed by atoms with Crippen LogP contribution < -0.4 is 16.4 Å². The first-order chi connectivity index (χ1) is 12.8. The number of nitrogens with two attached hydrogens (primary N) is 1. The second-order valence-corrected chi connectivity index (χ2v) is 6.80. The number of amides is 1. The Balaban J connectivity index is 0.00000392. The number of carbonyl (C=O) groups excluding carboxylic acids is 1. The van der Waals surface area contributed by atoms with Crippen LogP contribution in [-0.4, -0.2) is 25.0 Å². The van der Waals surface area contributed by atoms with E-state index in [1.807, 2.05) is 13.0 Å². The number of benzene rings is 2. The summed E-state index contributed by atoms with van der Waals surface area (Å²) in [5, 5.41) is 6.89. The van der Waals surface area contributed by atoms with E-state index in [1.54, 1.807) is 24.3 Å². The molecule has 0 saturated heterocycles. The molecule has 0 aliphatic carbocycles. The van der Waals surface area contributed by atoms with Crippen LogP contribution in [0.5, 0.6) is 0 Å². The molecule has 0 bridgehead atoms. The summed E-state index contributed by atoms with van der Waals surface area (Å²) in [7, 11) is 0. The van der Waals surface area contributed by atoms with Crippen molar-refractivity contribution >= 4 is 59.0 Å². The number of aliphatic imine (C=N–C) groups is 1. The zero-order valence-electron chi connectivity index (χ0n) is 15.2. The van der Waals surface area contributed by atoms with Gasteiger partial charge in [0.15, 0.2) is 5.96 Å². The number of hydrogen-bond acceptors (Lipinski definition) is 2. The maximum absolute atomic E-state index is 12.8. The van der Waals surface area contributed by atoms with Gasteiger partial charge in [0.1, 0.15) is 5.82 Å². The Labute approximate surface area is 190 Å². The Bertz CT molecular complexity index is 818. The molecule has 0 heterocycles. The molecule has 0 aliphatic heterocycles. The van der Waals surface area contributed by atoms with E-state index >= 15 is 0 Å². The van der Waals surface area contributed by atoms with Gasteiger partial charge >= 0.3 is 0 Å². The molecule has 2 aromatic carbocycles. The van der Waals surface area contributed by atoms with Crippen molar-refractivity contribution in [1.29, 1.82) is 0 Å². The van der Waals surface area contributed by atoms with Gasteiger partial charge < -0.3 is 16.4 Å². The monoisotopic (exact) mass is 538 g/mol. The first-order valence-corrected chi connectivity index (χ1v) is 9.13. The largest absolute Gasteiger partial charge is 0.370 e. The van der Waals surface area contributed by atoms with Gasteiger partial charge in [-0.3, -0.25) is 9.79 Å². The molecular weight excluding hydrogens is 517 g/mol. The van der Waals surface area contributed by atoms with E-state index in [0.29, 0.717) is 23.1 Å². The lowest BCUT2D eigenvalue weighted by Crippen LogP contribution is -2.35. The average molecular weight is 539 g/mol. The lowest BCUT2D eigenvalue weighted by atomic mass is 10.1. The van der Waals surface area contributed by atoms with E-state index in [1.165, 1.54) is 12.1 Å². The maximum Gasteiger partial charge on any atom is 0.224 e. The van der Waals surface area contributed by atoms with Gasteiger partial charge in [-0.2, -0.15) is 0 Å². The lowest BCUT2D eigenvalue weighted by Gasteiger charge is -2.16. The van der Waals surface area contributed by atoms with E-state index in [0.717, 1.165) is 11.1 Å². The molecule has 0 radical (unpaired) electrons. The highest BCUT2D eigenvalue weighted by Crippen LogP contribution is 2.25. The number of nitrogens with one attached hydrogen (secondary N) is 2. The van der Waals surface area contributed by atoms with Gasteiger partial charge in [-0.1, -0.05) is 41.4 Å². The fourth-order valence-electron chi connectivity index (χ4n) is 2.42. The molecule has 4 N–H and O–H groups in total. The maximum atomic E-state index is 12.8. The van der Waals surface area contributed by atoms with Crippen LogP contribution >= 0.6 is 47.2 Å². The summed E-state index contributed by atoms with van der Waals surface area (Å²) in [5.41, 5.74) is 7.46. The predicted molar refractivity (Wildman–Crippen MR) is 123 cm³/mol. The smallest absolute Gasteiger partial charge is 0.224 e. The van der Waals surface area contributed by atoms with Gasteiger partial charge in [0.2, 0.25) is 5.91 Å². The van der Waals surface area contributed by atoms with Crippen LogP contribution in [0.15, 0.2) is 47.5 Å². The number of carbonyl (C=O) groups is 1. The highest BCUT2D eigenvalue weighted by atomic mass is 127. The quantitative estimate of drug-likeness (QED) is 0.215. The van der Waals surface area contributed by atoms with Crippen LogP contribution in [0.3, 0.4) is 0 Å². The molecule has 0 fully saturated rings. The fraction of sp³-hybridized carbons (Fsp3) is 0.263. The number of nitrogens with zero attached hydrogens (tertiary/aromatic N) is 1. The standard InChI is InChI=1S/C19H21Cl2FN4O.HI/c1-12(16-7-4-14(20)11-17(16)21)26-19(23)25-9-8-24-18(27)10-13-2-5-15(22)6-3-13;/h2-7,11-12H,8-10H2,1H3,(H,24,27)(H3,23,25,26);1H. The molecule has 0 aliphatic rings. The third kappa shape index (κ3) is 8.20. The predicted octanol–water partition coefficient (Wildman–Crippen LogP) is 4.07. The summed E-state index contributed by atoms with van der Waals surface area (Å²) in [6.07, 6.45) is 0.184. The molecule has 1 atom stereocenters. The highest BCUT2D eigenvalue weighted by molar-refractivity contribution is 14.0. The Hall–Kier alpha value is -1.58. The highest BCUT2D eigenvalue weighted by Gasteiger charge is 2.10.